The Labute approximate surface area is 115 Å². The number of nitrogens with one attached hydrogen (secondary N) is 1. The number of hydrogen-bond acceptors (Lipinski definition) is 2. The topological polar surface area (TPSA) is 15.3 Å². The van der Waals surface area contributed by atoms with E-state index in [0.29, 0.717) is 0 Å². The van der Waals surface area contributed by atoms with Gasteiger partial charge in [0.1, 0.15) is 0 Å². The Kier molecular flexibility index (Phi) is 4.90. The summed E-state index contributed by atoms with van der Waals surface area (Å²) >= 11 is 6.13. The summed E-state index contributed by atoms with van der Waals surface area (Å²) in [6.07, 6.45) is 5.56. The molecule has 0 spiro atoms. The van der Waals surface area contributed by atoms with E-state index in [1.807, 2.05) is 13.1 Å². The average Bonchev–Trinajstić information content (AvgIpc) is 2.84. The van der Waals surface area contributed by atoms with Gasteiger partial charge in [0.15, 0.2) is 0 Å². The van der Waals surface area contributed by atoms with E-state index in [-0.39, 0.29) is 0 Å². The molecule has 1 aliphatic carbocycles. The second-order valence-corrected chi connectivity index (χ2v) is 5.77. The monoisotopic (exact) mass is 266 g/mol. The molecule has 100 valence electrons. The highest BCUT2D eigenvalue weighted by atomic mass is 35.5. The third kappa shape index (κ3) is 3.39. The van der Waals surface area contributed by atoms with E-state index < -0.39 is 0 Å². The van der Waals surface area contributed by atoms with Crippen LogP contribution in [-0.2, 0) is 6.54 Å². The van der Waals surface area contributed by atoms with Gasteiger partial charge in [-0.2, -0.15) is 0 Å². The molecule has 1 aliphatic rings. The summed E-state index contributed by atoms with van der Waals surface area (Å²) in [7, 11) is 4.17. The van der Waals surface area contributed by atoms with Crippen molar-refractivity contribution >= 4 is 17.3 Å². The van der Waals surface area contributed by atoms with Crippen LogP contribution in [0.25, 0.3) is 0 Å². The molecule has 0 heterocycles. The normalized spacial score (nSPS) is 16.2. The van der Waals surface area contributed by atoms with Gasteiger partial charge >= 0.3 is 0 Å². The van der Waals surface area contributed by atoms with Crippen LogP contribution in [0.5, 0.6) is 0 Å². The predicted molar refractivity (Wildman–Crippen MR) is 79.4 cm³/mol. The van der Waals surface area contributed by atoms with E-state index in [9.17, 15) is 0 Å². The molecule has 0 atom stereocenters. The highest BCUT2D eigenvalue weighted by molar-refractivity contribution is 6.30. The first-order valence-corrected chi connectivity index (χ1v) is 7.22. The van der Waals surface area contributed by atoms with E-state index in [1.165, 1.54) is 36.9 Å². The molecule has 1 aromatic rings. The molecular formula is C15H23ClN2. The van der Waals surface area contributed by atoms with Crippen LogP contribution in [0.1, 0.15) is 31.2 Å². The zero-order valence-corrected chi connectivity index (χ0v) is 12.1. The number of halogens is 1. The first-order chi connectivity index (χ1) is 8.70. The quantitative estimate of drug-likeness (QED) is 0.875. The minimum absolute atomic E-state index is 0.822. The average molecular weight is 267 g/mol. The lowest BCUT2D eigenvalue weighted by atomic mass is 10.1. The number of benzene rings is 1. The Morgan fingerprint density at radius 1 is 1.33 bits per heavy atom. The van der Waals surface area contributed by atoms with Crippen molar-refractivity contribution < 1.29 is 0 Å². The molecule has 0 aromatic heterocycles. The summed E-state index contributed by atoms with van der Waals surface area (Å²) in [5, 5.41) is 4.04. The van der Waals surface area contributed by atoms with Gasteiger partial charge in [-0.05, 0) is 43.5 Å². The van der Waals surface area contributed by atoms with Crippen LogP contribution >= 0.6 is 11.6 Å². The highest BCUT2D eigenvalue weighted by Gasteiger charge is 2.18. The number of hydrogen-bond donors (Lipinski definition) is 1. The standard InChI is InChI=1S/C15H23ClN2/c1-17-10-13-7-8-14(16)9-15(13)18(2)11-12-5-3-4-6-12/h7-9,12,17H,3-6,10-11H2,1-2H3. The predicted octanol–water partition coefficient (Wildman–Crippen LogP) is 3.69. The van der Waals surface area contributed by atoms with Gasteiger partial charge in [-0.15, -0.1) is 0 Å². The van der Waals surface area contributed by atoms with Crippen molar-refractivity contribution in [3.63, 3.8) is 0 Å². The van der Waals surface area contributed by atoms with Gasteiger partial charge in [0.05, 0.1) is 0 Å². The molecule has 2 nitrogen and oxygen atoms in total. The maximum atomic E-state index is 6.13. The second-order valence-electron chi connectivity index (χ2n) is 5.33. The van der Waals surface area contributed by atoms with E-state index >= 15 is 0 Å². The fourth-order valence-corrected chi connectivity index (χ4v) is 3.08. The molecule has 0 aliphatic heterocycles. The minimum Gasteiger partial charge on any atom is -0.374 e. The van der Waals surface area contributed by atoms with E-state index in [1.54, 1.807) is 0 Å². The first kappa shape index (κ1) is 13.7. The van der Waals surface area contributed by atoms with Gasteiger partial charge < -0.3 is 10.2 Å². The van der Waals surface area contributed by atoms with Crippen LogP contribution in [0.3, 0.4) is 0 Å². The molecular weight excluding hydrogens is 244 g/mol. The SMILES string of the molecule is CNCc1ccc(Cl)cc1N(C)CC1CCCC1. The summed E-state index contributed by atoms with van der Waals surface area (Å²) < 4.78 is 0. The molecule has 0 amide bonds. The van der Waals surface area contributed by atoms with Crippen molar-refractivity contribution in [3.8, 4) is 0 Å². The molecule has 3 heteroatoms. The summed E-state index contributed by atoms with van der Waals surface area (Å²) in [5.41, 5.74) is 2.59. The maximum absolute atomic E-state index is 6.13. The van der Waals surface area contributed by atoms with Crippen LogP contribution in [0, 0.1) is 5.92 Å². The fourth-order valence-electron chi connectivity index (χ4n) is 2.91. The highest BCUT2D eigenvalue weighted by Crippen LogP contribution is 2.29. The molecule has 0 saturated heterocycles. The van der Waals surface area contributed by atoms with Gasteiger partial charge in [-0.25, -0.2) is 0 Å². The van der Waals surface area contributed by atoms with Crippen LogP contribution in [0.15, 0.2) is 18.2 Å². The molecule has 0 radical (unpaired) electrons. The Hall–Kier alpha value is -0.730. The van der Waals surface area contributed by atoms with Crippen LogP contribution in [0.4, 0.5) is 5.69 Å². The third-order valence-electron chi connectivity index (χ3n) is 3.83. The first-order valence-electron chi connectivity index (χ1n) is 6.85. The van der Waals surface area contributed by atoms with Crippen molar-refractivity contribution in [3.05, 3.63) is 28.8 Å². The Balaban J connectivity index is 2.11. The number of anilines is 1. The van der Waals surface area contributed by atoms with Gasteiger partial charge in [-0.1, -0.05) is 30.5 Å². The molecule has 18 heavy (non-hydrogen) atoms. The van der Waals surface area contributed by atoms with Crippen molar-refractivity contribution in [2.75, 3.05) is 25.5 Å². The van der Waals surface area contributed by atoms with Gasteiger partial charge in [-0.3, -0.25) is 0 Å². The lowest BCUT2D eigenvalue weighted by Gasteiger charge is -2.25. The van der Waals surface area contributed by atoms with Crippen molar-refractivity contribution in [1.29, 1.82) is 0 Å². The van der Waals surface area contributed by atoms with Gasteiger partial charge in [0.2, 0.25) is 0 Å². The zero-order chi connectivity index (χ0) is 13.0. The molecule has 1 aromatic carbocycles. The number of rotatable bonds is 5. The third-order valence-corrected chi connectivity index (χ3v) is 4.07. The molecule has 0 unspecified atom stereocenters. The van der Waals surface area contributed by atoms with E-state index in [0.717, 1.165) is 24.0 Å². The Morgan fingerprint density at radius 2 is 2.06 bits per heavy atom. The van der Waals surface area contributed by atoms with Gasteiger partial charge in [0.25, 0.3) is 0 Å². The van der Waals surface area contributed by atoms with Crippen molar-refractivity contribution in [2.45, 2.75) is 32.2 Å². The Morgan fingerprint density at radius 3 is 2.72 bits per heavy atom. The molecule has 0 bridgehead atoms. The smallest absolute Gasteiger partial charge is 0.0426 e. The molecule has 1 saturated carbocycles. The summed E-state index contributed by atoms with van der Waals surface area (Å²) in [4.78, 5) is 2.37. The molecule has 1 N–H and O–H groups in total. The van der Waals surface area contributed by atoms with Crippen molar-refractivity contribution in [2.24, 2.45) is 5.92 Å². The maximum Gasteiger partial charge on any atom is 0.0426 e. The van der Waals surface area contributed by atoms with Gasteiger partial charge in [0, 0.05) is 30.8 Å². The fraction of sp³-hybridized carbons (Fsp3) is 0.600. The molecule has 2 rings (SSSR count). The van der Waals surface area contributed by atoms with Crippen LogP contribution < -0.4 is 10.2 Å². The summed E-state index contributed by atoms with van der Waals surface area (Å²) in [6.45, 7) is 2.04. The van der Waals surface area contributed by atoms with E-state index in [4.69, 9.17) is 11.6 Å². The summed E-state index contributed by atoms with van der Waals surface area (Å²) in [6, 6.07) is 6.18. The van der Waals surface area contributed by atoms with Crippen molar-refractivity contribution in [1.82, 2.24) is 5.32 Å². The second kappa shape index (κ2) is 6.44. The largest absolute Gasteiger partial charge is 0.374 e. The van der Waals surface area contributed by atoms with Crippen LogP contribution in [0.2, 0.25) is 5.02 Å². The summed E-state index contributed by atoms with van der Waals surface area (Å²) in [5.74, 6) is 0.858. The van der Waals surface area contributed by atoms with Crippen LogP contribution in [-0.4, -0.2) is 20.6 Å². The number of nitrogens with zero attached hydrogens (tertiary/aromatic N) is 1. The Bertz CT molecular complexity index is 386. The zero-order valence-electron chi connectivity index (χ0n) is 11.4. The van der Waals surface area contributed by atoms with E-state index in [2.05, 4.69) is 29.4 Å². The lowest BCUT2D eigenvalue weighted by Crippen LogP contribution is -2.25. The minimum atomic E-state index is 0.822. The molecule has 1 fully saturated rings. The lowest BCUT2D eigenvalue weighted by molar-refractivity contribution is 0.546.